The molecule has 27 heavy (non-hydrogen) atoms. The Kier molecular flexibility index (Phi) is 3.85. The lowest BCUT2D eigenvalue weighted by molar-refractivity contribution is -0.0654. The summed E-state index contributed by atoms with van der Waals surface area (Å²) in [5.74, 6) is 0.890. The molecule has 5 rings (SSSR count). The molecule has 0 bridgehead atoms. The Morgan fingerprint density at radius 2 is 1.52 bits per heavy atom. The highest BCUT2D eigenvalue weighted by Crippen LogP contribution is 2.50. The van der Waals surface area contributed by atoms with Crippen molar-refractivity contribution in [2.45, 2.75) is 18.6 Å². The molecule has 1 N–H and O–H groups in total. The van der Waals surface area contributed by atoms with Crippen molar-refractivity contribution < 1.29 is 9.94 Å². The van der Waals surface area contributed by atoms with E-state index >= 15 is 0 Å². The molecule has 2 aliphatic rings. The van der Waals surface area contributed by atoms with Crippen molar-refractivity contribution in [3.05, 3.63) is 107 Å². The first kappa shape index (κ1) is 16.3. The molecule has 134 valence electrons. The van der Waals surface area contributed by atoms with Crippen LogP contribution >= 0.6 is 0 Å². The predicted octanol–water partition coefficient (Wildman–Crippen LogP) is 4.76. The molecule has 1 aliphatic heterocycles. The SMILES string of the molecule is CN1OC2=C(c3ccccc3C(O)Cc3ccccc32)C1c1ccccc1. The third kappa shape index (κ3) is 2.59. The van der Waals surface area contributed by atoms with Gasteiger partial charge in [0.05, 0.1) is 12.1 Å². The summed E-state index contributed by atoms with van der Waals surface area (Å²) in [5.41, 5.74) is 6.48. The van der Waals surface area contributed by atoms with Crippen LogP contribution in [0.25, 0.3) is 11.3 Å². The summed E-state index contributed by atoms with van der Waals surface area (Å²) in [4.78, 5) is 6.32. The van der Waals surface area contributed by atoms with Crippen LogP contribution in [0.4, 0.5) is 0 Å². The lowest BCUT2D eigenvalue weighted by Gasteiger charge is -2.24. The zero-order valence-corrected chi connectivity index (χ0v) is 15.2. The summed E-state index contributed by atoms with van der Waals surface area (Å²) < 4.78 is 0. The van der Waals surface area contributed by atoms with Gasteiger partial charge in [-0.25, -0.2) is 0 Å². The Morgan fingerprint density at radius 3 is 2.33 bits per heavy atom. The second-order valence-corrected chi connectivity index (χ2v) is 7.16. The van der Waals surface area contributed by atoms with Gasteiger partial charge in [0, 0.05) is 24.6 Å². The number of hydroxylamine groups is 2. The first-order valence-corrected chi connectivity index (χ1v) is 9.29. The van der Waals surface area contributed by atoms with E-state index in [9.17, 15) is 5.11 Å². The third-order valence-electron chi connectivity index (χ3n) is 5.52. The molecule has 2 unspecified atom stereocenters. The lowest BCUT2D eigenvalue weighted by Crippen LogP contribution is -2.19. The first-order valence-electron chi connectivity index (χ1n) is 9.29. The maximum absolute atomic E-state index is 11.0. The van der Waals surface area contributed by atoms with E-state index in [-0.39, 0.29) is 6.04 Å². The van der Waals surface area contributed by atoms with E-state index in [1.54, 1.807) is 0 Å². The van der Waals surface area contributed by atoms with E-state index in [0.29, 0.717) is 6.42 Å². The number of rotatable bonds is 1. The van der Waals surface area contributed by atoms with Crippen LogP contribution in [0.3, 0.4) is 0 Å². The van der Waals surface area contributed by atoms with Gasteiger partial charge in [-0.05, 0) is 22.3 Å². The van der Waals surface area contributed by atoms with Gasteiger partial charge >= 0.3 is 0 Å². The molecular formula is C24H21NO2. The zero-order valence-electron chi connectivity index (χ0n) is 15.2. The van der Waals surface area contributed by atoms with Crippen molar-refractivity contribution in [2.75, 3.05) is 7.05 Å². The Balaban J connectivity index is 1.83. The predicted molar refractivity (Wildman–Crippen MR) is 106 cm³/mol. The summed E-state index contributed by atoms with van der Waals surface area (Å²) in [6.07, 6.45) is 0.0336. The van der Waals surface area contributed by atoms with Crippen LogP contribution in [0.1, 0.15) is 40.0 Å². The first-order chi connectivity index (χ1) is 13.2. The third-order valence-corrected chi connectivity index (χ3v) is 5.52. The van der Waals surface area contributed by atoms with Gasteiger partial charge in [-0.15, -0.1) is 5.06 Å². The van der Waals surface area contributed by atoms with Crippen molar-refractivity contribution in [1.29, 1.82) is 0 Å². The number of benzene rings is 3. The topological polar surface area (TPSA) is 32.7 Å². The van der Waals surface area contributed by atoms with Crippen molar-refractivity contribution in [2.24, 2.45) is 0 Å². The van der Waals surface area contributed by atoms with Crippen molar-refractivity contribution in [3.8, 4) is 0 Å². The van der Waals surface area contributed by atoms with Gasteiger partial charge in [0.1, 0.15) is 0 Å². The standard InChI is InChI=1S/C24H21NO2/c1-25-23(16-9-3-2-4-10-16)22-20-14-8-7-13-19(20)21(26)15-17-11-5-6-12-18(17)24(22)27-25/h2-14,21,23,26H,15H2,1H3. The number of aliphatic hydroxyl groups excluding tert-OH is 1. The fourth-order valence-electron chi connectivity index (χ4n) is 4.30. The summed E-state index contributed by atoms with van der Waals surface area (Å²) in [6, 6.07) is 26.7. The highest BCUT2D eigenvalue weighted by molar-refractivity contribution is 5.94. The van der Waals surface area contributed by atoms with Crippen LogP contribution in [0.15, 0.2) is 78.9 Å². The molecule has 0 amide bonds. The number of fused-ring (bicyclic) bond motifs is 4. The fourth-order valence-corrected chi connectivity index (χ4v) is 4.30. The summed E-state index contributed by atoms with van der Waals surface area (Å²) in [7, 11) is 1.98. The molecule has 3 aromatic rings. The molecule has 0 radical (unpaired) electrons. The van der Waals surface area contributed by atoms with Crippen molar-refractivity contribution in [3.63, 3.8) is 0 Å². The second-order valence-electron chi connectivity index (χ2n) is 7.16. The lowest BCUT2D eigenvalue weighted by atomic mass is 9.82. The van der Waals surface area contributed by atoms with Crippen LogP contribution in [0, 0.1) is 0 Å². The molecule has 3 nitrogen and oxygen atoms in total. The molecule has 1 aliphatic carbocycles. The van der Waals surface area contributed by atoms with Crippen LogP contribution in [-0.4, -0.2) is 17.2 Å². The second kappa shape index (κ2) is 6.38. The molecule has 3 aromatic carbocycles. The van der Waals surface area contributed by atoms with Crippen molar-refractivity contribution >= 4 is 11.3 Å². The van der Waals surface area contributed by atoms with E-state index in [1.165, 1.54) is 5.56 Å². The average Bonchev–Trinajstić information content (AvgIpc) is 3.04. The molecule has 1 heterocycles. The van der Waals surface area contributed by atoms with Crippen LogP contribution in [0.5, 0.6) is 0 Å². The monoisotopic (exact) mass is 355 g/mol. The Hall–Kier alpha value is -2.88. The molecule has 3 heteroatoms. The van der Waals surface area contributed by atoms with Gasteiger partial charge in [-0.2, -0.15) is 0 Å². The van der Waals surface area contributed by atoms with Crippen LogP contribution < -0.4 is 0 Å². The minimum absolute atomic E-state index is 0.0271. The minimum atomic E-state index is -0.543. The van der Waals surface area contributed by atoms with Gasteiger partial charge in [-0.3, -0.25) is 0 Å². The van der Waals surface area contributed by atoms with E-state index in [4.69, 9.17) is 4.84 Å². The van der Waals surface area contributed by atoms with E-state index in [2.05, 4.69) is 42.5 Å². The van der Waals surface area contributed by atoms with Gasteiger partial charge in [0.25, 0.3) is 0 Å². The Morgan fingerprint density at radius 1 is 0.852 bits per heavy atom. The Bertz CT molecular complexity index is 1030. The summed E-state index contributed by atoms with van der Waals surface area (Å²) >= 11 is 0. The number of hydrogen-bond acceptors (Lipinski definition) is 3. The highest BCUT2D eigenvalue weighted by Gasteiger charge is 2.38. The van der Waals surface area contributed by atoms with Crippen LogP contribution in [-0.2, 0) is 11.3 Å². The van der Waals surface area contributed by atoms with E-state index < -0.39 is 6.10 Å². The largest absolute Gasteiger partial charge is 0.404 e. The molecular weight excluding hydrogens is 334 g/mol. The van der Waals surface area contributed by atoms with Gasteiger partial charge < -0.3 is 9.94 Å². The fraction of sp³-hybridized carbons (Fsp3) is 0.167. The minimum Gasteiger partial charge on any atom is -0.404 e. The summed E-state index contributed by atoms with van der Waals surface area (Å²) in [5, 5.41) is 12.9. The van der Waals surface area contributed by atoms with Gasteiger partial charge in [0.15, 0.2) is 5.76 Å². The normalized spacial score (nSPS) is 21.6. The van der Waals surface area contributed by atoms with Crippen molar-refractivity contribution in [1.82, 2.24) is 5.06 Å². The molecule has 0 saturated carbocycles. The Labute approximate surface area is 159 Å². The molecule has 0 fully saturated rings. The maximum Gasteiger partial charge on any atom is 0.160 e. The smallest absolute Gasteiger partial charge is 0.160 e. The van der Waals surface area contributed by atoms with E-state index in [1.807, 2.05) is 48.5 Å². The quantitative estimate of drug-likeness (QED) is 0.683. The highest BCUT2D eigenvalue weighted by atomic mass is 16.7. The number of likely N-dealkylation sites (N-methyl/N-ethyl adjacent to an activating group) is 1. The summed E-state index contributed by atoms with van der Waals surface area (Å²) in [6.45, 7) is 0. The van der Waals surface area contributed by atoms with E-state index in [0.717, 1.165) is 33.6 Å². The molecule has 0 spiro atoms. The number of nitrogens with zero attached hydrogens (tertiary/aromatic N) is 1. The maximum atomic E-state index is 11.0. The molecule has 0 aromatic heterocycles. The van der Waals surface area contributed by atoms with Crippen LogP contribution in [0.2, 0.25) is 0 Å². The number of aliphatic hydroxyl groups is 1. The number of hydrogen-bond donors (Lipinski definition) is 1. The van der Waals surface area contributed by atoms with Gasteiger partial charge in [0.2, 0.25) is 0 Å². The average molecular weight is 355 g/mol. The molecule has 2 atom stereocenters. The molecule has 0 saturated heterocycles. The van der Waals surface area contributed by atoms with Gasteiger partial charge in [-0.1, -0.05) is 78.9 Å². The zero-order chi connectivity index (χ0) is 18.4.